The van der Waals surface area contributed by atoms with Crippen molar-refractivity contribution in [3.8, 4) is 0 Å². The number of carbonyl (C=O) groups is 1. The van der Waals surface area contributed by atoms with E-state index in [1.165, 1.54) is 0 Å². The second-order valence-electron chi connectivity index (χ2n) is 5.68. The first kappa shape index (κ1) is 10.3. The SMILES string of the molecule is C=C(C)C(=O)OC12CC3CC(C1)OC(C3)C2. The van der Waals surface area contributed by atoms with Crippen LogP contribution >= 0.6 is 0 Å². The van der Waals surface area contributed by atoms with E-state index in [1.807, 2.05) is 0 Å². The number of rotatable bonds is 2. The molecule has 0 spiro atoms. The summed E-state index contributed by atoms with van der Waals surface area (Å²) in [4.78, 5) is 11.7. The molecule has 0 aromatic heterocycles. The standard InChI is InChI=1S/C13H18O3/c1-8(2)12(14)16-13-5-9-3-10(6-13)15-11(4-9)7-13/h9-11H,1,3-7H2,2H3. The van der Waals surface area contributed by atoms with E-state index >= 15 is 0 Å². The van der Waals surface area contributed by atoms with E-state index in [9.17, 15) is 4.79 Å². The molecule has 0 radical (unpaired) electrons. The van der Waals surface area contributed by atoms with Crippen LogP contribution in [-0.4, -0.2) is 23.8 Å². The maximum absolute atomic E-state index is 11.7. The van der Waals surface area contributed by atoms with Crippen molar-refractivity contribution in [2.75, 3.05) is 0 Å². The van der Waals surface area contributed by atoms with E-state index < -0.39 is 0 Å². The third kappa shape index (κ3) is 1.58. The van der Waals surface area contributed by atoms with E-state index in [4.69, 9.17) is 9.47 Å². The average molecular weight is 222 g/mol. The van der Waals surface area contributed by atoms with E-state index in [0.29, 0.717) is 23.7 Å². The fourth-order valence-electron chi connectivity index (χ4n) is 3.67. The molecule has 0 aromatic carbocycles. The molecule has 0 aromatic rings. The molecule has 0 N–H and O–H groups in total. The van der Waals surface area contributed by atoms with Crippen LogP contribution in [0.15, 0.2) is 12.2 Å². The highest BCUT2D eigenvalue weighted by Crippen LogP contribution is 2.51. The number of carbonyl (C=O) groups excluding carboxylic acids is 1. The quantitative estimate of drug-likeness (QED) is 0.531. The Labute approximate surface area is 95.8 Å². The highest BCUT2D eigenvalue weighted by molar-refractivity contribution is 5.87. The Bertz CT molecular complexity index is 310. The first-order valence-electron chi connectivity index (χ1n) is 6.11. The molecular formula is C13H18O3. The Morgan fingerprint density at radius 1 is 1.31 bits per heavy atom. The van der Waals surface area contributed by atoms with E-state index in [-0.39, 0.29) is 11.6 Å². The van der Waals surface area contributed by atoms with Crippen LogP contribution in [0, 0.1) is 5.92 Å². The van der Waals surface area contributed by atoms with Crippen LogP contribution in [0.4, 0.5) is 0 Å². The smallest absolute Gasteiger partial charge is 0.333 e. The minimum absolute atomic E-state index is 0.231. The van der Waals surface area contributed by atoms with Crippen molar-refractivity contribution < 1.29 is 14.3 Å². The molecule has 2 saturated heterocycles. The Hall–Kier alpha value is -0.830. The predicted molar refractivity (Wildman–Crippen MR) is 58.9 cm³/mol. The summed E-state index contributed by atoms with van der Waals surface area (Å²) in [5.74, 6) is 0.464. The van der Waals surface area contributed by atoms with Gasteiger partial charge in [0.15, 0.2) is 0 Å². The van der Waals surface area contributed by atoms with Gasteiger partial charge in [0.2, 0.25) is 0 Å². The Kier molecular flexibility index (Phi) is 2.15. The van der Waals surface area contributed by atoms with Crippen LogP contribution in [0.3, 0.4) is 0 Å². The highest BCUT2D eigenvalue weighted by Gasteiger charge is 2.54. The zero-order valence-corrected chi connectivity index (χ0v) is 9.70. The molecule has 2 unspecified atom stereocenters. The van der Waals surface area contributed by atoms with E-state index in [2.05, 4.69) is 6.58 Å². The largest absolute Gasteiger partial charge is 0.456 e. The van der Waals surface area contributed by atoms with Gasteiger partial charge in [-0.1, -0.05) is 6.58 Å². The van der Waals surface area contributed by atoms with Crippen molar-refractivity contribution in [1.82, 2.24) is 0 Å². The van der Waals surface area contributed by atoms with Crippen molar-refractivity contribution in [3.63, 3.8) is 0 Å². The lowest BCUT2D eigenvalue weighted by molar-refractivity contribution is -0.232. The molecule has 88 valence electrons. The summed E-state index contributed by atoms with van der Waals surface area (Å²) < 4.78 is 11.6. The molecule has 4 aliphatic rings. The van der Waals surface area contributed by atoms with Crippen molar-refractivity contribution in [1.29, 1.82) is 0 Å². The van der Waals surface area contributed by atoms with Crippen molar-refractivity contribution >= 4 is 5.97 Å². The molecule has 3 nitrogen and oxygen atoms in total. The predicted octanol–water partition coefficient (Wildman–Crippen LogP) is 2.21. The summed E-state index contributed by atoms with van der Waals surface area (Å²) in [6, 6.07) is 0. The Morgan fingerprint density at radius 3 is 2.44 bits per heavy atom. The van der Waals surface area contributed by atoms with Gasteiger partial charge in [0.25, 0.3) is 0 Å². The lowest BCUT2D eigenvalue weighted by Crippen LogP contribution is -2.57. The number of ether oxygens (including phenoxy) is 2. The lowest BCUT2D eigenvalue weighted by Gasteiger charge is -2.55. The summed E-state index contributed by atoms with van der Waals surface area (Å²) >= 11 is 0. The third-order valence-corrected chi connectivity index (χ3v) is 4.10. The van der Waals surface area contributed by atoms with Crippen LogP contribution in [0.2, 0.25) is 0 Å². The van der Waals surface area contributed by atoms with Gasteiger partial charge in [-0.05, 0) is 32.1 Å². The average Bonchev–Trinajstić information content (AvgIpc) is 2.13. The van der Waals surface area contributed by atoms with Crippen LogP contribution < -0.4 is 0 Å². The molecule has 4 bridgehead atoms. The summed E-state index contributed by atoms with van der Waals surface area (Å²) in [7, 11) is 0. The third-order valence-electron chi connectivity index (χ3n) is 4.10. The second-order valence-corrected chi connectivity index (χ2v) is 5.68. The van der Waals surface area contributed by atoms with Crippen LogP contribution in [0.5, 0.6) is 0 Å². The summed E-state index contributed by atoms with van der Waals surface area (Å²) in [5.41, 5.74) is 0.266. The van der Waals surface area contributed by atoms with Gasteiger partial charge in [0.05, 0.1) is 12.2 Å². The lowest BCUT2D eigenvalue weighted by atomic mass is 9.64. The number of hydrogen-bond acceptors (Lipinski definition) is 3. The van der Waals surface area contributed by atoms with Gasteiger partial charge in [0.1, 0.15) is 5.60 Å². The fraction of sp³-hybridized carbons (Fsp3) is 0.769. The minimum Gasteiger partial charge on any atom is -0.456 e. The Morgan fingerprint density at radius 2 is 1.94 bits per heavy atom. The number of esters is 1. The zero-order valence-electron chi connectivity index (χ0n) is 9.70. The van der Waals surface area contributed by atoms with Crippen molar-refractivity contribution in [2.24, 2.45) is 5.92 Å². The van der Waals surface area contributed by atoms with Gasteiger partial charge in [-0.15, -0.1) is 0 Å². The van der Waals surface area contributed by atoms with E-state index in [1.54, 1.807) is 6.92 Å². The summed E-state index contributed by atoms with van der Waals surface area (Å²) in [6.07, 6.45) is 5.76. The van der Waals surface area contributed by atoms with Gasteiger partial charge in [-0.3, -0.25) is 0 Å². The molecular weight excluding hydrogens is 204 g/mol. The van der Waals surface area contributed by atoms with Gasteiger partial charge >= 0.3 is 5.97 Å². The van der Waals surface area contributed by atoms with Crippen LogP contribution in [0.1, 0.15) is 39.0 Å². The minimum atomic E-state index is -0.234. The molecule has 3 heteroatoms. The van der Waals surface area contributed by atoms with Gasteiger partial charge in [0, 0.05) is 18.4 Å². The second kappa shape index (κ2) is 3.33. The molecule has 16 heavy (non-hydrogen) atoms. The molecule has 2 aliphatic carbocycles. The Balaban J connectivity index is 1.78. The molecule has 4 rings (SSSR count). The highest BCUT2D eigenvalue weighted by atomic mass is 16.6. The maximum Gasteiger partial charge on any atom is 0.333 e. The van der Waals surface area contributed by atoms with Crippen LogP contribution in [0.25, 0.3) is 0 Å². The molecule has 0 amide bonds. The van der Waals surface area contributed by atoms with E-state index in [0.717, 1.165) is 32.1 Å². The topological polar surface area (TPSA) is 35.5 Å². The first-order valence-corrected chi connectivity index (χ1v) is 6.11. The maximum atomic E-state index is 11.7. The number of hydrogen-bond donors (Lipinski definition) is 0. The summed E-state index contributed by atoms with van der Waals surface area (Å²) in [5, 5.41) is 0. The molecule has 2 atom stereocenters. The zero-order chi connectivity index (χ0) is 11.3. The van der Waals surface area contributed by atoms with Gasteiger partial charge < -0.3 is 9.47 Å². The first-order chi connectivity index (χ1) is 7.56. The molecule has 2 saturated carbocycles. The van der Waals surface area contributed by atoms with Crippen molar-refractivity contribution in [3.05, 3.63) is 12.2 Å². The van der Waals surface area contributed by atoms with Gasteiger partial charge in [-0.25, -0.2) is 4.79 Å². The van der Waals surface area contributed by atoms with Gasteiger partial charge in [-0.2, -0.15) is 0 Å². The molecule has 2 aliphatic heterocycles. The normalized spacial score (nSPS) is 44.4. The fourth-order valence-corrected chi connectivity index (χ4v) is 3.67. The molecule has 2 heterocycles. The molecule has 4 fully saturated rings. The van der Waals surface area contributed by atoms with Crippen LogP contribution in [-0.2, 0) is 14.3 Å². The summed E-state index contributed by atoms with van der Waals surface area (Å²) in [6.45, 7) is 5.36. The monoisotopic (exact) mass is 222 g/mol. The van der Waals surface area contributed by atoms with Crippen molar-refractivity contribution in [2.45, 2.75) is 56.8 Å².